The molecule has 0 bridgehead atoms. The van der Waals surface area contributed by atoms with E-state index >= 15 is 0 Å². The molecular formula is C7H9N3S. The molecule has 0 fully saturated rings. The number of nitrogens with zero attached hydrogens (tertiary/aromatic N) is 3. The zero-order chi connectivity index (χ0) is 8.10. The van der Waals surface area contributed by atoms with Crippen molar-refractivity contribution in [2.75, 3.05) is 13.6 Å². The molecule has 58 valence electrons. The molecule has 3 nitrogen and oxygen atoms in total. The van der Waals surface area contributed by atoms with E-state index in [1.54, 1.807) is 16.8 Å². The van der Waals surface area contributed by atoms with Crippen LogP contribution in [0, 0.1) is 11.3 Å². The monoisotopic (exact) mass is 167 g/mol. The Bertz CT molecular complexity index is 237. The van der Waals surface area contributed by atoms with Crippen LogP contribution in [0.5, 0.6) is 0 Å². The van der Waals surface area contributed by atoms with Crippen LogP contribution in [-0.2, 0) is 6.54 Å². The van der Waals surface area contributed by atoms with Gasteiger partial charge in [-0.05, 0) is 7.05 Å². The van der Waals surface area contributed by atoms with E-state index in [2.05, 4.69) is 11.1 Å². The van der Waals surface area contributed by atoms with Gasteiger partial charge in [0.1, 0.15) is 0 Å². The highest BCUT2D eigenvalue weighted by Crippen LogP contribution is 2.02. The van der Waals surface area contributed by atoms with Gasteiger partial charge in [-0.1, -0.05) is 0 Å². The average molecular weight is 167 g/mol. The van der Waals surface area contributed by atoms with E-state index in [9.17, 15) is 0 Å². The molecule has 0 aliphatic rings. The lowest BCUT2D eigenvalue weighted by Gasteiger charge is -2.08. The van der Waals surface area contributed by atoms with Gasteiger partial charge in [-0.3, -0.25) is 4.90 Å². The van der Waals surface area contributed by atoms with E-state index in [4.69, 9.17) is 5.26 Å². The standard InChI is InChI=1S/C7H9N3S/c1-10(3-2-8)4-7-5-11-6-9-7/h5-6H,3-4H2,1H3. The predicted octanol–water partition coefficient (Wildman–Crippen LogP) is 1.10. The number of nitriles is 1. The summed E-state index contributed by atoms with van der Waals surface area (Å²) in [6.07, 6.45) is 0. The lowest BCUT2D eigenvalue weighted by Crippen LogP contribution is -2.17. The second-order valence-corrected chi connectivity index (χ2v) is 3.03. The van der Waals surface area contributed by atoms with Crippen LogP contribution in [0.1, 0.15) is 5.69 Å². The van der Waals surface area contributed by atoms with Crippen molar-refractivity contribution >= 4 is 11.3 Å². The van der Waals surface area contributed by atoms with Crippen LogP contribution in [0.2, 0.25) is 0 Å². The fourth-order valence-electron chi connectivity index (χ4n) is 0.769. The van der Waals surface area contributed by atoms with Crippen molar-refractivity contribution < 1.29 is 0 Å². The smallest absolute Gasteiger partial charge is 0.0866 e. The SMILES string of the molecule is CN(CC#N)Cc1cscn1. The molecule has 0 atom stereocenters. The van der Waals surface area contributed by atoms with Crippen LogP contribution in [0.3, 0.4) is 0 Å². The fourth-order valence-corrected chi connectivity index (χ4v) is 1.32. The normalized spacial score (nSPS) is 9.91. The Morgan fingerprint density at radius 3 is 3.18 bits per heavy atom. The molecule has 1 rings (SSSR count). The molecule has 0 spiro atoms. The first-order chi connectivity index (χ1) is 5.33. The van der Waals surface area contributed by atoms with Gasteiger partial charge >= 0.3 is 0 Å². The minimum Gasteiger partial charge on any atom is -0.288 e. The molecule has 1 aromatic rings. The van der Waals surface area contributed by atoms with Gasteiger partial charge in [0, 0.05) is 11.9 Å². The second kappa shape index (κ2) is 4.06. The molecule has 0 unspecified atom stereocenters. The Morgan fingerprint density at radius 1 is 1.82 bits per heavy atom. The highest BCUT2D eigenvalue weighted by atomic mass is 32.1. The summed E-state index contributed by atoms with van der Waals surface area (Å²) in [6, 6.07) is 2.08. The van der Waals surface area contributed by atoms with Crippen LogP contribution in [-0.4, -0.2) is 23.5 Å². The summed E-state index contributed by atoms with van der Waals surface area (Å²) >= 11 is 1.58. The minimum atomic E-state index is 0.456. The first kappa shape index (κ1) is 8.18. The first-order valence-corrected chi connectivity index (χ1v) is 4.20. The van der Waals surface area contributed by atoms with E-state index in [1.165, 1.54) is 0 Å². The van der Waals surface area contributed by atoms with Crippen molar-refractivity contribution in [1.29, 1.82) is 5.26 Å². The number of hydrogen-bond donors (Lipinski definition) is 0. The Kier molecular flexibility index (Phi) is 3.02. The number of hydrogen-bond acceptors (Lipinski definition) is 4. The molecule has 0 saturated carbocycles. The molecule has 1 heterocycles. The Labute approximate surface area is 69.9 Å². The molecule has 0 aliphatic heterocycles. The third kappa shape index (κ3) is 2.66. The summed E-state index contributed by atoms with van der Waals surface area (Å²) < 4.78 is 0. The highest BCUT2D eigenvalue weighted by Gasteiger charge is 1.99. The Hall–Kier alpha value is -0.920. The third-order valence-corrected chi connectivity index (χ3v) is 1.89. The van der Waals surface area contributed by atoms with Gasteiger partial charge in [0.15, 0.2) is 0 Å². The van der Waals surface area contributed by atoms with Crippen molar-refractivity contribution in [3.05, 3.63) is 16.6 Å². The summed E-state index contributed by atoms with van der Waals surface area (Å²) in [5, 5.41) is 10.3. The second-order valence-electron chi connectivity index (χ2n) is 2.31. The zero-order valence-corrected chi connectivity index (χ0v) is 7.14. The molecule has 0 amide bonds. The van der Waals surface area contributed by atoms with Crippen molar-refractivity contribution in [2.45, 2.75) is 6.54 Å². The summed E-state index contributed by atoms with van der Waals surface area (Å²) in [4.78, 5) is 6.03. The topological polar surface area (TPSA) is 39.9 Å². The van der Waals surface area contributed by atoms with Crippen LogP contribution < -0.4 is 0 Å². The van der Waals surface area contributed by atoms with Crippen LogP contribution in [0.15, 0.2) is 10.9 Å². The molecule has 0 saturated heterocycles. The minimum absolute atomic E-state index is 0.456. The third-order valence-electron chi connectivity index (χ3n) is 1.26. The maximum absolute atomic E-state index is 8.36. The van der Waals surface area contributed by atoms with E-state index in [0.29, 0.717) is 6.54 Å². The molecule has 0 radical (unpaired) electrons. The molecule has 11 heavy (non-hydrogen) atoms. The maximum atomic E-state index is 8.36. The summed E-state index contributed by atoms with van der Waals surface area (Å²) in [7, 11) is 1.91. The Morgan fingerprint density at radius 2 is 2.64 bits per heavy atom. The lowest BCUT2D eigenvalue weighted by molar-refractivity contribution is 0.363. The maximum Gasteiger partial charge on any atom is 0.0866 e. The van der Waals surface area contributed by atoms with Gasteiger partial charge in [-0.15, -0.1) is 11.3 Å². The first-order valence-electron chi connectivity index (χ1n) is 3.25. The average Bonchev–Trinajstić information content (AvgIpc) is 2.40. The summed E-state index contributed by atoms with van der Waals surface area (Å²) in [5.74, 6) is 0. The van der Waals surface area contributed by atoms with Crippen molar-refractivity contribution in [3.8, 4) is 6.07 Å². The van der Waals surface area contributed by atoms with E-state index in [-0.39, 0.29) is 0 Å². The molecule has 0 aromatic carbocycles. The number of rotatable bonds is 3. The lowest BCUT2D eigenvalue weighted by atomic mass is 10.4. The number of thiazole rings is 1. The van der Waals surface area contributed by atoms with Crippen LogP contribution >= 0.6 is 11.3 Å². The zero-order valence-electron chi connectivity index (χ0n) is 6.32. The van der Waals surface area contributed by atoms with E-state index < -0.39 is 0 Å². The van der Waals surface area contributed by atoms with Gasteiger partial charge in [0.25, 0.3) is 0 Å². The van der Waals surface area contributed by atoms with Gasteiger partial charge in [-0.2, -0.15) is 5.26 Å². The van der Waals surface area contributed by atoms with E-state index in [0.717, 1.165) is 12.2 Å². The van der Waals surface area contributed by atoms with Gasteiger partial charge in [0.2, 0.25) is 0 Å². The van der Waals surface area contributed by atoms with Crippen molar-refractivity contribution in [3.63, 3.8) is 0 Å². The summed E-state index contributed by atoms with van der Waals surface area (Å²) in [5.41, 5.74) is 2.84. The number of aromatic nitrogens is 1. The fraction of sp³-hybridized carbons (Fsp3) is 0.429. The Balaban J connectivity index is 2.38. The molecule has 0 N–H and O–H groups in total. The molecule has 4 heteroatoms. The molecule has 0 aliphatic carbocycles. The van der Waals surface area contributed by atoms with Gasteiger partial charge in [-0.25, -0.2) is 4.98 Å². The van der Waals surface area contributed by atoms with Crippen molar-refractivity contribution in [1.82, 2.24) is 9.88 Å². The van der Waals surface area contributed by atoms with Gasteiger partial charge in [0.05, 0.1) is 23.8 Å². The van der Waals surface area contributed by atoms with Crippen LogP contribution in [0.25, 0.3) is 0 Å². The molecular weight excluding hydrogens is 158 g/mol. The van der Waals surface area contributed by atoms with Crippen LogP contribution in [0.4, 0.5) is 0 Å². The highest BCUT2D eigenvalue weighted by molar-refractivity contribution is 7.07. The summed E-state index contributed by atoms with van der Waals surface area (Å²) in [6.45, 7) is 1.22. The van der Waals surface area contributed by atoms with Gasteiger partial charge < -0.3 is 0 Å². The molecule has 1 aromatic heterocycles. The largest absolute Gasteiger partial charge is 0.288 e. The quantitative estimate of drug-likeness (QED) is 0.633. The van der Waals surface area contributed by atoms with Crippen molar-refractivity contribution in [2.24, 2.45) is 0 Å². The van der Waals surface area contributed by atoms with E-state index in [1.807, 2.05) is 17.3 Å². The predicted molar refractivity (Wildman–Crippen MR) is 44.1 cm³/mol.